The van der Waals surface area contributed by atoms with Crippen LogP contribution in [0.2, 0.25) is 0 Å². The van der Waals surface area contributed by atoms with Gasteiger partial charge in [0.2, 0.25) is 0 Å². The molecule has 0 unspecified atom stereocenters. The number of carbonyl (C=O) groups excluding carboxylic acids is 1. The van der Waals surface area contributed by atoms with Crippen molar-refractivity contribution in [3.05, 3.63) is 0 Å². The Kier molecular flexibility index (Phi) is 3.87. The van der Waals surface area contributed by atoms with E-state index in [-0.39, 0.29) is 12.1 Å². The summed E-state index contributed by atoms with van der Waals surface area (Å²) in [5.41, 5.74) is 2.35. The highest BCUT2D eigenvalue weighted by molar-refractivity contribution is 5.72. The number of hydrogen-bond donors (Lipinski definition) is 2. The Labute approximate surface area is 72.6 Å². The van der Waals surface area contributed by atoms with E-state index in [0.29, 0.717) is 0 Å². The predicted octanol–water partition coefficient (Wildman–Crippen LogP) is 1.18. The quantitative estimate of drug-likeness (QED) is 0.614. The molecule has 1 rings (SSSR count). The molecular formula is C8H16N2O2. The topological polar surface area (TPSA) is 50.4 Å². The normalized spacial score (nSPS) is 18.8. The zero-order valence-corrected chi connectivity index (χ0v) is 7.43. The van der Waals surface area contributed by atoms with Gasteiger partial charge in [-0.1, -0.05) is 19.3 Å². The molecule has 0 spiro atoms. The van der Waals surface area contributed by atoms with Crippen LogP contribution in [0.15, 0.2) is 0 Å². The Hall–Kier alpha value is -0.770. The second kappa shape index (κ2) is 4.98. The first kappa shape index (κ1) is 9.32. The SMILES string of the molecule is CNC(=O)NOC1CCCCC1. The van der Waals surface area contributed by atoms with Gasteiger partial charge in [-0.05, 0) is 12.8 Å². The van der Waals surface area contributed by atoms with E-state index in [2.05, 4.69) is 10.8 Å². The molecule has 0 saturated heterocycles. The Morgan fingerprint density at radius 2 is 2.00 bits per heavy atom. The minimum absolute atomic E-state index is 0.219. The maximum Gasteiger partial charge on any atom is 0.338 e. The lowest BCUT2D eigenvalue weighted by molar-refractivity contribution is -0.0221. The van der Waals surface area contributed by atoms with Gasteiger partial charge in [0, 0.05) is 7.05 Å². The largest absolute Gasteiger partial charge is 0.339 e. The fourth-order valence-electron chi connectivity index (χ4n) is 1.37. The molecule has 0 aromatic rings. The Balaban J connectivity index is 2.09. The number of hydroxylamine groups is 1. The molecule has 0 radical (unpaired) electrons. The summed E-state index contributed by atoms with van der Waals surface area (Å²) < 4.78 is 0. The van der Waals surface area contributed by atoms with E-state index in [1.165, 1.54) is 19.3 Å². The van der Waals surface area contributed by atoms with Crippen molar-refractivity contribution in [1.82, 2.24) is 10.8 Å². The minimum Gasteiger partial charge on any atom is -0.339 e. The first-order chi connectivity index (χ1) is 5.83. The van der Waals surface area contributed by atoms with Crippen molar-refractivity contribution >= 4 is 6.03 Å². The van der Waals surface area contributed by atoms with Gasteiger partial charge < -0.3 is 5.32 Å². The zero-order valence-electron chi connectivity index (χ0n) is 7.43. The molecule has 70 valence electrons. The van der Waals surface area contributed by atoms with Gasteiger partial charge in [0.05, 0.1) is 6.10 Å². The molecule has 2 amide bonds. The third-order valence-electron chi connectivity index (χ3n) is 2.10. The van der Waals surface area contributed by atoms with Crippen LogP contribution in [0.3, 0.4) is 0 Å². The number of hydrogen-bond acceptors (Lipinski definition) is 2. The van der Waals surface area contributed by atoms with E-state index < -0.39 is 0 Å². The molecule has 0 atom stereocenters. The van der Waals surface area contributed by atoms with Gasteiger partial charge in [-0.25, -0.2) is 10.3 Å². The molecule has 1 aliphatic rings. The van der Waals surface area contributed by atoms with Gasteiger partial charge >= 0.3 is 6.03 Å². The molecule has 1 saturated carbocycles. The van der Waals surface area contributed by atoms with Crippen LogP contribution in [0, 0.1) is 0 Å². The molecule has 4 nitrogen and oxygen atoms in total. The lowest BCUT2D eigenvalue weighted by Crippen LogP contribution is -2.36. The van der Waals surface area contributed by atoms with Crippen molar-refractivity contribution in [2.24, 2.45) is 0 Å². The van der Waals surface area contributed by atoms with Crippen LogP contribution >= 0.6 is 0 Å². The Bertz CT molecular complexity index is 144. The summed E-state index contributed by atoms with van der Waals surface area (Å²) in [6.45, 7) is 0. The van der Waals surface area contributed by atoms with Gasteiger partial charge in [0.15, 0.2) is 0 Å². The van der Waals surface area contributed by atoms with E-state index in [0.717, 1.165) is 12.8 Å². The van der Waals surface area contributed by atoms with Crippen LogP contribution in [-0.4, -0.2) is 19.2 Å². The molecule has 0 bridgehead atoms. The van der Waals surface area contributed by atoms with Crippen LogP contribution in [-0.2, 0) is 4.84 Å². The lowest BCUT2D eigenvalue weighted by atomic mass is 9.98. The summed E-state index contributed by atoms with van der Waals surface area (Å²) in [4.78, 5) is 15.9. The highest BCUT2D eigenvalue weighted by Crippen LogP contribution is 2.19. The summed E-state index contributed by atoms with van der Waals surface area (Å²) in [5.74, 6) is 0. The third kappa shape index (κ3) is 3.09. The summed E-state index contributed by atoms with van der Waals surface area (Å²) in [6.07, 6.45) is 6.05. The molecule has 1 aliphatic carbocycles. The predicted molar refractivity (Wildman–Crippen MR) is 45.5 cm³/mol. The maximum absolute atomic E-state index is 10.7. The van der Waals surface area contributed by atoms with Gasteiger partial charge in [-0.2, -0.15) is 0 Å². The third-order valence-corrected chi connectivity index (χ3v) is 2.10. The smallest absolute Gasteiger partial charge is 0.338 e. The highest BCUT2D eigenvalue weighted by Gasteiger charge is 2.14. The number of carbonyl (C=O) groups is 1. The number of nitrogens with one attached hydrogen (secondary N) is 2. The van der Waals surface area contributed by atoms with Crippen LogP contribution in [0.1, 0.15) is 32.1 Å². The van der Waals surface area contributed by atoms with Crippen LogP contribution < -0.4 is 10.8 Å². The summed E-state index contributed by atoms with van der Waals surface area (Å²) in [7, 11) is 1.57. The average molecular weight is 172 g/mol. The summed E-state index contributed by atoms with van der Waals surface area (Å²) in [6, 6.07) is -0.277. The molecule has 4 heteroatoms. The standard InChI is InChI=1S/C8H16N2O2/c1-9-8(11)10-12-7-5-3-2-4-6-7/h7H,2-6H2,1H3,(H2,9,10,11). The number of rotatable bonds is 2. The Morgan fingerprint density at radius 3 is 2.58 bits per heavy atom. The van der Waals surface area contributed by atoms with Crippen molar-refractivity contribution < 1.29 is 9.63 Å². The van der Waals surface area contributed by atoms with Gasteiger partial charge in [-0.15, -0.1) is 0 Å². The molecule has 2 N–H and O–H groups in total. The van der Waals surface area contributed by atoms with Crippen LogP contribution in [0.4, 0.5) is 4.79 Å². The zero-order chi connectivity index (χ0) is 8.81. The number of urea groups is 1. The van der Waals surface area contributed by atoms with Crippen molar-refractivity contribution in [1.29, 1.82) is 0 Å². The monoisotopic (exact) mass is 172 g/mol. The second-order valence-corrected chi connectivity index (χ2v) is 3.06. The summed E-state index contributed by atoms with van der Waals surface area (Å²) in [5, 5.41) is 2.43. The molecule has 0 aromatic heterocycles. The molecule has 0 aromatic carbocycles. The van der Waals surface area contributed by atoms with Crippen molar-refractivity contribution in [3.8, 4) is 0 Å². The first-order valence-corrected chi connectivity index (χ1v) is 4.46. The van der Waals surface area contributed by atoms with Crippen molar-refractivity contribution in [2.45, 2.75) is 38.2 Å². The van der Waals surface area contributed by atoms with Crippen molar-refractivity contribution in [2.75, 3.05) is 7.05 Å². The van der Waals surface area contributed by atoms with E-state index in [1.54, 1.807) is 7.05 Å². The molecule has 1 fully saturated rings. The van der Waals surface area contributed by atoms with E-state index in [9.17, 15) is 4.79 Å². The lowest BCUT2D eigenvalue weighted by Gasteiger charge is -2.21. The Morgan fingerprint density at radius 1 is 1.33 bits per heavy atom. The molecule has 0 heterocycles. The molecule has 12 heavy (non-hydrogen) atoms. The van der Waals surface area contributed by atoms with Crippen LogP contribution in [0.5, 0.6) is 0 Å². The van der Waals surface area contributed by atoms with Gasteiger partial charge in [0.1, 0.15) is 0 Å². The van der Waals surface area contributed by atoms with E-state index in [4.69, 9.17) is 4.84 Å². The number of amides is 2. The molecular weight excluding hydrogens is 156 g/mol. The maximum atomic E-state index is 10.7. The van der Waals surface area contributed by atoms with E-state index in [1.807, 2.05) is 0 Å². The highest BCUT2D eigenvalue weighted by atomic mass is 16.7. The van der Waals surface area contributed by atoms with Gasteiger partial charge in [-0.3, -0.25) is 4.84 Å². The minimum atomic E-state index is -0.277. The van der Waals surface area contributed by atoms with Crippen molar-refractivity contribution in [3.63, 3.8) is 0 Å². The summed E-state index contributed by atoms with van der Waals surface area (Å²) >= 11 is 0. The fraction of sp³-hybridized carbons (Fsp3) is 0.875. The van der Waals surface area contributed by atoms with Crippen LogP contribution in [0.25, 0.3) is 0 Å². The fourth-order valence-corrected chi connectivity index (χ4v) is 1.37. The van der Waals surface area contributed by atoms with E-state index >= 15 is 0 Å². The second-order valence-electron chi connectivity index (χ2n) is 3.06. The molecule has 0 aliphatic heterocycles. The van der Waals surface area contributed by atoms with Gasteiger partial charge in [0.25, 0.3) is 0 Å². The average Bonchev–Trinajstić information content (AvgIpc) is 2.16. The first-order valence-electron chi connectivity index (χ1n) is 4.46.